The molecule has 0 aromatic rings. The fourth-order valence-electron chi connectivity index (χ4n) is 5.81. The van der Waals surface area contributed by atoms with Crippen molar-refractivity contribution in [1.29, 1.82) is 0 Å². The van der Waals surface area contributed by atoms with Crippen LogP contribution in [0.15, 0.2) is 12.2 Å². The molecule has 2 saturated carbocycles. The molecule has 0 aromatic heterocycles. The highest BCUT2D eigenvalue weighted by molar-refractivity contribution is 5.86. The Labute approximate surface area is 184 Å². The molecule has 2 aliphatic carbocycles. The van der Waals surface area contributed by atoms with Crippen molar-refractivity contribution in [3.8, 4) is 0 Å². The van der Waals surface area contributed by atoms with E-state index < -0.39 is 29.9 Å². The Morgan fingerprint density at radius 1 is 0.806 bits per heavy atom. The van der Waals surface area contributed by atoms with Gasteiger partial charge in [0.2, 0.25) is 0 Å². The van der Waals surface area contributed by atoms with Gasteiger partial charge in [0.05, 0.1) is 0 Å². The fourth-order valence-corrected chi connectivity index (χ4v) is 5.81. The van der Waals surface area contributed by atoms with Crippen molar-refractivity contribution in [2.24, 2.45) is 0 Å². The standard InChI is InChI=1S/C24H36O7/c1-16(2)21(25)26-15-17-18-19(29-23(28-18)11-7-3-4-8-12-23)20-22(27-17)31-24(30-20)13-9-5-6-10-14-24/h17-20,22H,1,3-15H2,2H3/t17-,18-,19+,20+,22+/m1/s1. The summed E-state index contributed by atoms with van der Waals surface area (Å²) in [4.78, 5) is 12.0. The summed E-state index contributed by atoms with van der Waals surface area (Å²) >= 11 is 0. The Bertz CT molecular complexity index is 675. The molecule has 174 valence electrons. The summed E-state index contributed by atoms with van der Waals surface area (Å²) in [5.41, 5.74) is 0.368. The minimum atomic E-state index is -0.595. The lowest BCUT2D eigenvalue weighted by atomic mass is 9.99. The topological polar surface area (TPSA) is 72.5 Å². The highest BCUT2D eigenvalue weighted by atomic mass is 16.9. The number of rotatable bonds is 3. The van der Waals surface area contributed by atoms with Crippen LogP contribution >= 0.6 is 0 Å². The third-order valence-corrected chi connectivity index (χ3v) is 7.43. The molecular weight excluding hydrogens is 400 g/mol. The van der Waals surface area contributed by atoms with Gasteiger partial charge < -0.3 is 28.4 Å². The molecule has 5 atom stereocenters. The number of carbonyl (C=O) groups is 1. The zero-order chi connectivity index (χ0) is 21.5. The SMILES string of the molecule is C=C(C)C(=O)OC[C@H]1O[C@H]2OC3(CCCCCC3)O[C@H]2[C@H]2OC3(CCCCCC3)O[C@@H]21. The molecule has 0 amide bonds. The van der Waals surface area contributed by atoms with Gasteiger partial charge in [-0.3, -0.25) is 0 Å². The fraction of sp³-hybridized carbons (Fsp3) is 0.875. The molecule has 3 saturated heterocycles. The van der Waals surface area contributed by atoms with Crippen molar-refractivity contribution >= 4 is 5.97 Å². The lowest BCUT2D eigenvalue weighted by molar-refractivity contribution is -0.251. The molecule has 7 nitrogen and oxygen atoms in total. The van der Waals surface area contributed by atoms with E-state index in [1.54, 1.807) is 6.92 Å². The molecule has 7 heteroatoms. The van der Waals surface area contributed by atoms with Gasteiger partial charge in [-0.05, 0) is 32.6 Å². The molecule has 3 aliphatic heterocycles. The van der Waals surface area contributed by atoms with Crippen LogP contribution < -0.4 is 0 Å². The van der Waals surface area contributed by atoms with Crippen molar-refractivity contribution in [3.63, 3.8) is 0 Å². The minimum Gasteiger partial charge on any atom is -0.459 e. The van der Waals surface area contributed by atoms with E-state index in [1.165, 1.54) is 25.7 Å². The van der Waals surface area contributed by atoms with Crippen LogP contribution in [0.5, 0.6) is 0 Å². The summed E-state index contributed by atoms with van der Waals surface area (Å²) in [7, 11) is 0. The molecule has 5 rings (SSSR count). The van der Waals surface area contributed by atoms with Gasteiger partial charge in [0.15, 0.2) is 17.9 Å². The first-order valence-corrected chi connectivity index (χ1v) is 12.2. The van der Waals surface area contributed by atoms with Crippen LogP contribution in [0.1, 0.15) is 84.0 Å². The normalized spacial score (nSPS) is 38.8. The van der Waals surface area contributed by atoms with E-state index in [0.29, 0.717) is 5.57 Å². The maximum Gasteiger partial charge on any atom is 0.333 e. The second kappa shape index (κ2) is 8.75. The van der Waals surface area contributed by atoms with E-state index in [4.69, 9.17) is 28.4 Å². The summed E-state index contributed by atoms with van der Waals surface area (Å²) in [5.74, 6) is -1.61. The summed E-state index contributed by atoms with van der Waals surface area (Å²) in [6, 6.07) is 0. The second-order valence-corrected chi connectivity index (χ2v) is 9.94. The highest BCUT2D eigenvalue weighted by Gasteiger charge is 2.63. The number of carbonyl (C=O) groups excluding carboxylic acids is 1. The zero-order valence-electron chi connectivity index (χ0n) is 18.6. The highest BCUT2D eigenvalue weighted by Crippen LogP contribution is 2.50. The van der Waals surface area contributed by atoms with E-state index >= 15 is 0 Å². The van der Waals surface area contributed by atoms with Crippen LogP contribution in [0.3, 0.4) is 0 Å². The smallest absolute Gasteiger partial charge is 0.333 e. The lowest BCUT2D eigenvalue weighted by Crippen LogP contribution is -2.56. The van der Waals surface area contributed by atoms with Crippen molar-refractivity contribution in [2.75, 3.05) is 6.61 Å². The maximum atomic E-state index is 12.0. The summed E-state index contributed by atoms with van der Waals surface area (Å²) < 4.78 is 38.1. The first-order valence-electron chi connectivity index (χ1n) is 12.2. The van der Waals surface area contributed by atoms with Crippen LogP contribution in [0, 0.1) is 0 Å². The first kappa shape index (κ1) is 21.8. The minimum absolute atomic E-state index is 0.0892. The Morgan fingerprint density at radius 3 is 1.90 bits per heavy atom. The van der Waals surface area contributed by atoms with Gasteiger partial charge in [-0.1, -0.05) is 32.3 Å². The number of fused-ring (bicyclic) bond motifs is 3. The second-order valence-electron chi connectivity index (χ2n) is 9.94. The van der Waals surface area contributed by atoms with Crippen LogP contribution in [0.4, 0.5) is 0 Å². The van der Waals surface area contributed by atoms with Gasteiger partial charge in [-0.2, -0.15) is 0 Å². The molecule has 0 radical (unpaired) electrons. The molecule has 0 aromatic carbocycles. The number of hydrogen-bond donors (Lipinski definition) is 0. The van der Waals surface area contributed by atoms with E-state index in [2.05, 4.69) is 6.58 Å². The van der Waals surface area contributed by atoms with E-state index in [0.717, 1.165) is 51.4 Å². The molecule has 5 fully saturated rings. The molecule has 0 N–H and O–H groups in total. The first-order chi connectivity index (χ1) is 15.0. The maximum absolute atomic E-state index is 12.0. The van der Waals surface area contributed by atoms with Crippen molar-refractivity contribution < 1.29 is 33.2 Å². The molecular formula is C24H36O7. The monoisotopic (exact) mass is 436 g/mol. The van der Waals surface area contributed by atoms with Gasteiger partial charge in [-0.25, -0.2) is 4.79 Å². The van der Waals surface area contributed by atoms with Gasteiger partial charge in [0.1, 0.15) is 31.0 Å². The zero-order valence-corrected chi connectivity index (χ0v) is 18.6. The third kappa shape index (κ3) is 4.32. The quantitative estimate of drug-likeness (QED) is 0.486. The average Bonchev–Trinajstić information content (AvgIpc) is 3.08. The van der Waals surface area contributed by atoms with Crippen LogP contribution in [0.2, 0.25) is 0 Å². The van der Waals surface area contributed by atoms with Crippen LogP contribution in [0.25, 0.3) is 0 Å². The van der Waals surface area contributed by atoms with Crippen molar-refractivity contribution in [3.05, 3.63) is 12.2 Å². The largest absolute Gasteiger partial charge is 0.459 e. The van der Waals surface area contributed by atoms with Crippen LogP contribution in [-0.4, -0.2) is 54.9 Å². The molecule has 0 unspecified atom stereocenters. The molecule has 31 heavy (non-hydrogen) atoms. The molecule has 5 aliphatic rings. The summed E-state index contributed by atoms with van der Waals surface area (Å²) in [6.45, 7) is 5.40. The Morgan fingerprint density at radius 2 is 1.32 bits per heavy atom. The molecule has 0 bridgehead atoms. The van der Waals surface area contributed by atoms with E-state index in [9.17, 15) is 4.79 Å². The molecule has 3 heterocycles. The summed E-state index contributed by atoms with van der Waals surface area (Å²) in [6.07, 6.45) is 10.8. The van der Waals surface area contributed by atoms with Gasteiger partial charge in [0, 0.05) is 31.3 Å². The Balaban J connectivity index is 1.37. The average molecular weight is 437 g/mol. The Hall–Kier alpha value is -0.990. The van der Waals surface area contributed by atoms with Gasteiger partial charge in [0.25, 0.3) is 0 Å². The van der Waals surface area contributed by atoms with Crippen LogP contribution in [-0.2, 0) is 33.2 Å². The van der Waals surface area contributed by atoms with E-state index in [-0.39, 0.29) is 24.9 Å². The van der Waals surface area contributed by atoms with E-state index in [1.807, 2.05) is 0 Å². The summed E-state index contributed by atoms with van der Waals surface area (Å²) in [5, 5.41) is 0. The predicted octanol–water partition coefficient (Wildman–Crippen LogP) is 4.13. The lowest BCUT2D eigenvalue weighted by Gasteiger charge is -2.36. The van der Waals surface area contributed by atoms with Crippen molar-refractivity contribution in [1.82, 2.24) is 0 Å². The number of esters is 1. The number of hydrogen-bond acceptors (Lipinski definition) is 7. The Kier molecular flexibility index (Phi) is 6.16. The third-order valence-electron chi connectivity index (χ3n) is 7.43. The van der Waals surface area contributed by atoms with Crippen molar-refractivity contribution in [2.45, 2.75) is 126 Å². The number of ether oxygens (including phenoxy) is 6. The van der Waals surface area contributed by atoms with Gasteiger partial charge in [-0.15, -0.1) is 0 Å². The predicted molar refractivity (Wildman–Crippen MR) is 111 cm³/mol. The molecule has 2 spiro atoms. The van der Waals surface area contributed by atoms with Gasteiger partial charge >= 0.3 is 5.97 Å².